The van der Waals surface area contributed by atoms with E-state index in [1.165, 1.54) is 26.2 Å². The highest BCUT2D eigenvalue weighted by atomic mass is 16.5. The fraction of sp³-hybridized carbons (Fsp3) is 0.579. The van der Waals surface area contributed by atoms with Gasteiger partial charge in [-0.15, -0.1) is 0 Å². The zero-order valence-corrected chi connectivity index (χ0v) is 15.8. The summed E-state index contributed by atoms with van der Waals surface area (Å²) in [6, 6.07) is 5.36. The molecule has 0 heterocycles. The summed E-state index contributed by atoms with van der Waals surface area (Å²) in [5.74, 6) is 1.08. The van der Waals surface area contributed by atoms with Gasteiger partial charge in [-0.2, -0.15) is 0 Å². The van der Waals surface area contributed by atoms with Gasteiger partial charge in [-0.1, -0.05) is 19.3 Å². The Bertz CT molecular complexity index is 615. The quantitative estimate of drug-likeness (QED) is 0.781. The number of amides is 3. The third-order valence-corrected chi connectivity index (χ3v) is 4.62. The number of rotatable bonds is 7. The van der Waals surface area contributed by atoms with E-state index in [4.69, 9.17) is 9.47 Å². The van der Waals surface area contributed by atoms with E-state index in [-0.39, 0.29) is 18.0 Å². The number of nitrogens with one attached hydrogen (secondary N) is 2. The summed E-state index contributed by atoms with van der Waals surface area (Å²) >= 11 is 0. The average Bonchev–Trinajstić information content (AvgIpc) is 2.65. The maximum atomic E-state index is 12.1. The highest BCUT2D eigenvalue weighted by molar-refractivity contribution is 5.93. The molecule has 2 N–H and O–H groups in total. The number of benzene rings is 1. The number of carbonyl (C=O) groups is 2. The lowest BCUT2D eigenvalue weighted by Crippen LogP contribution is -2.45. The van der Waals surface area contributed by atoms with Gasteiger partial charge in [-0.25, -0.2) is 4.79 Å². The molecule has 1 aromatic carbocycles. The van der Waals surface area contributed by atoms with Crippen LogP contribution in [0.3, 0.4) is 0 Å². The topological polar surface area (TPSA) is 79.9 Å². The van der Waals surface area contributed by atoms with Gasteiger partial charge in [-0.3, -0.25) is 4.79 Å². The Morgan fingerprint density at radius 1 is 1.15 bits per heavy atom. The molecule has 2 rings (SSSR count). The zero-order valence-electron chi connectivity index (χ0n) is 15.8. The molecular formula is C19H29N3O4. The Hall–Kier alpha value is -2.44. The van der Waals surface area contributed by atoms with Crippen LogP contribution < -0.4 is 25.0 Å². The fourth-order valence-corrected chi connectivity index (χ4v) is 3.22. The second-order valence-electron chi connectivity index (χ2n) is 6.44. The van der Waals surface area contributed by atoms with Crippen molar-refractivity contribution in [1.29, 1.82) is 0 Å². The van der Waals surface area contributed by atoms with E-state index in [0.717, 1.165) is 12.8 Å². The molecule has 1 aromatic rings. The van der Waals surface area contributed by atoms with Gasteiger partial charge in [0.25, 0.3) is 0 Å². The molecule has 7 heteroatoms. The van der Waals surface area contributed by atoms with Gasteiger partial charge < -0.3 is 25.0 Å². The normalized spacial score (nSPS) is 14.4. The average molecular weight is 363 g/mol. The first-order chi connectivity index (χ1) is 12.5. The van der Waals surface area contributed by atoms with E-state index in [2.05, 4.69) is 10.6 Å². The number of nitrogens with zero attached hydrogens (tertiary/aromatic N) is 1. The van der Waals surface area contributed by atoms with Gasteiger partial charge in [0.1, 0.15) is 11.5 Å². The predicted molar refractivity (Wildman–Crippen MR) is 101 cm³/mol. The SMILES string of the molecule is COc1ccc(OC)c(N(CCNC(=O)NC2CCCCC2)C(C)=O)c1. The maximum absolute atomic E-state index is 12.1. The Morgan fingerprint density at radius 2 is 1.88 bits per heavy atom. The molecule has 3 amide bonds. The molecule has 7 nitrogen and oxygen atoms in total. The van der Waals surface area contributed by atoms with Crippen LogP contribution in [0.4, 0.5) is 10.5 Å². The highest BCUT2D eigenvalue weighted by Crippen LogP contribution is 2.32. The van der Waals surface area contributed by atoms with Crippen molar-refractivity contribution < 1.29 is 19.1 Å². The zero-order chi connectivity index (χ0) is 18.9. The first-order valence-electron chi connectivity index (χ1n) is 9.09. The van der Waals surface area contributed by atoms with E-state index in [0.29, 0.717) is 30.3 Å². The minimum atomic E-state index is -0.182. The Kier molecular flexibility index (Phi) is 7.56. The van der Waals surface area contributed by atoms with Crippen LogP contribution in [0.25, 0.3) is 0 Å². The van der Waals surface area contributed by atoms with Gasteiger partial charge in [-0.05, 0) is 25.0 Å². The Morgan fingerprint density at radius 3 is 2.50 bits per heavy atom. The second-order valence-corrected chi connectivity index (χ2v) is 6.44. The largest absolute Gasteiger partial charge is 0.497 e. The number of carbonyl (C=O) groups excluding carboxylic acids is 2. The van der Waals surface area contributed by atoms with Crippen LogP contribution in [-0.2, 0) is 4.79 Å². The molecule has 26 heavy (non-hydrogen) atoms. The molecule has 0 aliphatic heterocycles. The molecule has 1 fully saturated rings. The Labute approximate surface area is 155 Å². The molecule has 0 aromatic heterocycles. The van der Waals surface area contributed by atoms with Crippen molar-refractivity contribution in [1.82, 2.24) is 10.6 Å². The van der Waals surface area contributed by atoms with Crippen LogP contribution >= 0.6 is 0 Å². The molecule has 0 bridgehead atoms. The van der Waals surface area contributed by atoms with Crippen LogP contribution in [0.1, 0.15) is 39.0 Å². The van der Waals surface area contributed by atoms with Crippen molar-refractivity contribution in [3.8, 4) is 11.5 Å². The fourth-order valence-electron chi connectivity index (χ4n) is 3.22. The lowest BCUT2D eigenvalue weighted by molar-refractivity contribution is -0.116. The Balaban J connectivity index is 1.94. The van der Waals surface area contributed by atoms with E-state index < -0.39 is 0 Å². The minimum absolute atomic E-state index is 0.133. The number of anilines is 1. The summed E-state index contributed by atoms with van der Waals surface area (Å²) in [5, 5.41) is 5.84. The van der Waals surface area contributed by atoms with Gasteiger partial charge in [0.05, 0.1) is 19.9 Å². The van der Waals surface area contributed by atoms with E-state index in [1.807, 2.05) is 0 Å². The van der Waals surface area contributed by atoms with Crippen molar-refractivity contribution in [3.05, 3.63) is 18.2 Å². The van der Waals surface area contributed by atoms with Crippen LogP contribution in [-0.4, -0.2) is 45.3 Å². The number of urea groups is 1. The molecule has 1 aliphatic carbocycles. The van der Waals surface area contributed by atoms with Crippen LogP contribution in [0, 0.1) is 0 Å². The summed E-state index contributed by atoms with van der Waals surface area (Å²) in [7, 11) is 3.13. The van der Waals surface area contributed by atoms with Gasteiger partial charge in [0, 0.05) is 32.1 Å². The monoisotopic (exact) mass is 363 g/mol. The standard InChI is InChI=1S/C19H29N3O4/c1-14(23)22(17-13-16(25-2)9-10-18(17)26-3)12-11-20-19(24)21-15-7-5-4-6-8-15/h9-10,13,15H,4-8,11-12H2,1-3H3,(H2,20,21,24). The third kappa shape index (κ3) is 5.54. The van der Waals surface area contributed by atoms with Gasteiger partial charge in [0.15, 0.2) is 0 Å². The molecule has 0 radical (unpaired) electrons. The summed E-state index contributed by atoms with van der Waals surface area (Å²) < 4.78 is 10.6. The van der Waals surface area contributed by atoms with Crippen LogP contribution in [0.15, 0.2) is 18.2 Å². The first kappa shape index (κ1) is 19.9. The van der Waals surface area contributed by atoms with E-state index in [1.54, 1.807) is 37.3 Å². The molecule has 0 saturated heterocycles. The number of methoxy groups -OCH3 is 2. The summed E-state index contributed by atoms with van der Waals surface area (Å²) in [6.45, 7) is 2.18. The lowest BCUT2D eigenvalue weighted by Gasteiger charge is -2.25. The van der Waals surface area contributed by atoms with Crippen molar-refractivity contribution >= 4 is 17.6 Å². The maximum Gasteiger partial charge on any atom is 0.315 e. The van der Waals surface area contributed by atoms with Crippen molar-refractivity contribution in [2.75, 3.05) is 32.2 Å². The van der Waals surface area contributed by atoms with Crippen LogP contribution in [0.5, 0.6) is 11.5 Å². The first-order valence-corrected chi connectivity index (χ1v) is 9.09. The number of hydrogen-bond acceptors (Lipinski definition) is 4. The molecule has 144 valence electrons. The predicted octanol–water partition coefficient (Wildman–Crippen LogP) is 2.69. The highest BCUT2D eigenvalue weighted by Gasteiger charge is 2.18. The lowest BCUT2D eigenvalue weighted by atomic mass is 9.96. The molecule has 1 saturated carbocycles. The van der Waals surface area contributed by atoms with Crippen molar-refractivity contribution in [2.45, 2.75) is 45.1 Å². The van der Waals surface area contributed by atoms with Crippen molar-refractivity contribution in [2.24, 2.45) is 0 Å². The smallest absolute Gasteiger partial charge is 0.315 e. The summed E-state index contributed by atoms with van der Waals surface area (Å²) in [5.41, 5.74) is 0.619. The van der Waals surface area contributed by atoms with E-state index >= 15 is 0 Å². The second kappa shape index (κ2) is 9.89. The molecule has 0 unspecified atom stereocenters. The summed E-state index contributed by atoms with van der Waals surface area (Å²) in [6.07, 6.45) is 5.65. The molecule has 1 aliphatic rings. The third-order valence-electron chi connectivity index (χ3n) is 4.62. The molecular weight excluding hydrogens is 334 g/mol. The minimum Gasteiger partial charge on any atom is -0.497 e. The number of ether oxygens (including phenoxy) is 2. The van der Waals surface area contributed by atoms with Crippen LogP contribution in [0.2, 0.25) is 0 Å². The summed E-state index contributed by atoms with van der Waals surface area (Å²) in [4.78, 5) is 25.7. The van der Waals surface area contributed by atoms with Gasteiger partial charge in [0.2, 0.25) is 5.91 Å². The van der Waals surface area contributed by atoms with E-state index in [9.17, 15) is 9.59 Å². The van der Waals surface area contributed by atoms with Crippen molar-refractivity contribution in [3.63, 3.8) is 0 Å². The molecule has 0 spiro atoms. The van der Waals surface area contributed by atoms with Gasteiger partial charge >= 0.3 is 6.03 Å². The molecule has 0 atom stereocenters. The number of hydrogen-bond donors (Lipinski definition) is 2.